The molecule has 0 aliphatic heterocycles. The first-order valence-corrected chi connectivity index (χ1v) is 7.89. The molecule has 4 nitrogen and oxygen atoms in total. The van der Waals surface area contributed by atoms with Gasteiger partial charge in [0.2, 0.25) is 0 Å². The van der Waals surface area contributed by atoms with Crippen LogP contribution in [0.2, 0.25) is 0 Å². The second-order valence-corrected chi connectivity index (χ2v) is 7.47. The molecule has 0 spiro atoms. The van der Waals surface area contributed by atoms with Crippen molar-refractivity contribution in [1.82, 2.24) is 9.97 Å². The van der Waals surface area contributed by atoms with Crippen LogP contribution >= 0.6 is 0 Å². The summed E-state index contributed by atoms with van der Waals surface area (Å²) in [5, 5.41) is 8.93. The molecule has 20 heavy (non-hydrogen) atoms. The maximum absolute atomic E-state index is 10.9. The number of aromatic carboxylic acids is 1. The van der Waals surface area contributed by atoms with Gasteiger partial charge in [0.25, 0.3) is 0 Å². The van der Waals surface area contributed by atoms with Crippen LogP contribution in [0.5, 0.6) is 0 Å². The van der Waals surface area contributed by atoms with E-state index in [2.05, 4.69) is 9.97 Å². The normalized spacial score (nSPS) is 38.3. The zero-order valence-electron chi connectivity index (χ0n) is 11.8. The van der Waals surface area contributed by atoms with E-state index in [4.69, 9.17) is 5.11 Å². The molecule has 4 heteroatoms. The number of carboxylic acids is 1. The van der Waals surface area contributed by atoms with E-state index in [1.165, 1.54) is 51.1 Å². The van der Waals surface area contributed by atoms with Crippen molar-refractivity contribution in [2.75, 3.05) is 0 Å². The SMILES string of the molecule is O=C(O)c1cnc(CCC23CC4CC(CC(C4)C2)C3)[nH]1. The number of carbonyl (C=O) groups is 1. The molecule has 0 saturated heterocycles. The van der Waals surface area contributed by atoms with E-state index in [9.17, 15) is 4.79 Å². The highest BCUT2D eigenvalue weighted by molar-refractivity contribution is 5.84. The zero-order chi connectivity index (χ0) is 13.7. The number of hydrogen-bond donors (Lipinski definition) is 2. The van der Waals surface area contributed by atoms with Crippen molar-refractivity contribution in [3.63, 3.8) is 0 Å². The highest BCUT2D eigenvalue weighted by Gasteiger charge is 2.50. The minimum Gasteiger partial charge on any atom is -0.477 e. The van der Waals surface area contributed by atoms with E-state index in [0.717, 1.165) is 30.0 Å². The molecular formula is C16H22N2O2. The third-order valence-electron chi connectivity index (χ3n) is 5.92. The quantitative estimate of drug-likeness (QED) is 0.885. The summed E-state index contributed by atoms with van der Waals surface area (Å²) in [4.78, 5) is 18.0. The van der Waals surface area contributed by atoms with Crippen LogP contribution in [0.25, 0.3) is 0 Å². The molecule has 4 fully saturated rings. The summed E-state index contributed by atoms with van der Waals surface area (Å²) < 4.78 is 0. The van der Waals surface area contributed by atoms with Gasteiger partial charge in [-0.05, 0) is 68.1 Å². The van der Waals surface area contributed by atoms with Gasteiger partial charge in [-0.15, -0.1) is 0 Å². The molecule has 1 heterocycles. The fourth-order valence-corrected chi connectivity index (χ4v) is 5.58. The molecular weight excluding hydrogens is 252 g/mol. The molecule has 0 amide bonds. The molecule has 4 bridgehead atoms. The molecule has 5 rings (SSSR count). The Labute approximate surface area is 119 Å². The lowest BCUT2D eigenvalue weighted by Gasteiger charge is -2.57. The van der Waals surface area contributed by atoms with Crippen LogP contribution in [0.15, 0.2) is 6.20 Å². The van der Waals surface area contributed by atoms with Crippen LogP contribution in [0.1, 0.15) is 61.3 Å². The van der Waals surface area contributed by atoms with Gasteiger partial charge in [0, 0.05) is 6.42 Å². The second kappa shape index (κ2) is 4.34. The van der Waals surface area contributed by atoms with Gasteiger partial charge in [-0.3, -0.25) is 0 Å². The molecule has 1 aromatic rings. The predicted octanol–water partition coefficient (Wildman–Crippen LogP) is 3.26. The van der Waals surface area contributed by atoms with Gasteiger partial charge in [-0.1, -0.05) is 0 Å². The Morgan fingerprint density at radius 3 is 2.35 bits per heavy atom. The molecule has 0 aromatic carbocycles. The van der Waals surface area contributed by atoms with Gasteiger partial charge < -0.3 is 10.1 Å². The van der Waals surface area contributed by atoms with E-state index in [0.29, 0.717) is 5.41 Å². The number of imidazole rings is 1. The van der Waals surface area contributed by atoms with Crippen molar-refractivity contribution in [2.45, 2.75) is 51.4 Å². The molecule has 4 saturated carbocycles. The van der Waals surface area contributed by atoms with Gasteiger partial charge in [0.1, 0.15) is 11.5 Å². The number of aromatic amines is 1. The summed E-state index contributed by atoms with van der Waals surface area (Å²) >= 11 is 0. The standard InChI is InChI=1S/C16H22N2O2/c19-15(20)13-9-17-14(18-13)1-2-16-6-10-3-11(7-16)5-12(4-10)8-16/h9-12H,1-8H2,(H,17,18)(H,19,20). The van der Waals surface area contributed by atoms with Crippen molar-refractivity contribution < 1.29 is 9.90 Å². The van der Waals surface area contributed by atoms with Crippen molar-refractivity contribution in [1.29, 1.82) is 0 Å². The second-order valence-electron chi connectivity index (χ2n) is 7.47. The summed E-state index contributed by atoms with van der Waals surface area (Å²) in [5.74, 6) is 2.86. The highest BCUT2D eigenvalue weighted by atomic mass is 16.4. The van der Waals surface area contributed by atoms with Crippen LogP contribution in [0.4, 0.5) is 0 Å². The first kappa shape index (κ1) is 12.4. The maximum atomic E-state index is 10.9. The molecule has 0 unspecified atom stereocenters. The molecule has 0 radical (unpaired) electrons. The van der Waals surface area contributed by atoms with Crippen LogP contribution < -0.4 is 0 Å². The number of nitrogens with zero attached hydrogens (tertiary/aromatic N) is 1. The molecule has 4 aliphatic rings. The zero-order valence-corrected chi connectivity index (χ0v) is 11.8. The van der Waals surface area contributed by atoms with Crippen molar-refractivity contribution in [2.24, 2.45) is 23.2 Å². The van der Waals surface area contributed by atoms with E-state index >= 15 is 0 Å². The summed E-state index contributed by atoms with van der Waals surface area (Å²) in [6.45, 7) is 0. The minimum absolute atomic E-state index is 0.213. The van der Waals surface area contributed by atoms with Gasteiger partial charge in [0.15, 0.2) is 0 Å². The third-order valence-corrected chi connectivity index (χ3v) is 5.92. The minimum atomic E-state index is -0.918. The van der Waals surface area contributed by atoms with E-state index < -0.39 is 5.97 Å². The summed E-state index contributed by atoms with van der Waals surface area (Å²) in [6.07, 6.45) is 12.2. The summed E-state index contributed by atoms with van der Waals surface area (Å²) in [7, 11) is 0. The Hall–Kier alpha value is -1.32. The van der Waals surface area contributed by atoms with E-state index in [1.807, 2.05) is 0 Å². The van der Waals surface area contributed by atoms with Crippen LogP contribution in [-0.4, -0.2) is 21.0 Å². The lowest BCUT2D eigenvalue weighted by atomic mass is 9.48. The Morgan fingerprint density at radius 1 is 1.25 bits per heavy atom. The van der Waals surface area contributed by atoms with Gasteiger partial charge >= 0.3 is 5.97 Å². The number of hydrogen-bond acceptors (Lipinski definition) is 2. The Morgan fingerprint density at radius 2 is 1.85 bits per heavy atom. The first-order valence-electron chi connectivity index (χ1n) is 7.89. The number of aryl methyl sites for hydroxylation is 1. The van der Waals surface area contributed by atoms with Crippen LogP contribution in [0, 0.1) is 23.2 Å². The van der Waals surface area contributed by atoms with Crippen LogP contribution in [0.3, 0.4) is 0 Å². The van der Waals surface area contributed by atoms with E-state index in [-0.39, 0.29) is 5.69 Å². The fourth-order valence-electron chi connectivity index (χ4n) is 5.58. The topological polar surface area (TPSA) is 66.0 Å². The first-order chi connectivity index (χ1) is 9.62. The van der Waals surface area contributed by atoms with Crippen LogP contribution in [-0.2, 0) is 6.42 Å². The number of nitrogens with one attached hydrogen (secondary N) is 1. The Balaban J connectivity index is 1.45. The van der Waals surface area contributed by atoms with Crippen molar-refractivity contribution >= 4 is 5.97 Å². The number of rotatable bonds is 4. The number of aromatic nitrogens is 2. The molecule has 2 N–H and O–H groups in total. The Kier molecular flexibility index (Phi) is 2.69. The Bertz CT molecular complexity index is 499. The highest BCUT2D eigenvalue weighted by Crippen LogP contribution is 2.61. The van der Waals surface area contributed by atoms with Gasteiger partial charge in [-0.25, -0.2) is 9.78 Å². The van der Waals surface area contributed by atoms with Crippen molar-refractivity contribution in [3.8, 4) is 0 Å². The lowest BCUT2D eigenvalue weighted by Crippen LogP contribution is -2.46. The predicted molar refractivity (Wildman–Crippen MR) is 74.5 cm³/mol. The maximum Gasteiger partial charge on any atom is 0.353 e. The molecule has 1 aromatic heterocycles. The van der Waals surface area contributed by atoms with Crippen molar-refractivity contribution in [3.05, 3.63) is 17.7 Å². The van der Waals surface area contributed by atoms with Gasteiger partial charge in [0.05, 0.1) is 6.20 Å². The third kappa shape index (κ3) is 2.05. The molecule has 4 aliphatic carbocycles. The smallest absolute Gasteiger partial charge is 0.353 e. The van der Waals surface area contributed by atoms with Gasteiger partial charge in [-0.2, -0.15) is 0 Å². The number of carboxylic acid groups (broad SMARTS) is 1. The van der Waals surface area contributed by atoms with E-state index in [1.54, 1.807) is 0 Å². The fraction of sp³-hybridized carbons (Fsp3) is 0.750. The summed E-state index contributed by atoms with van der Waals surface area (Å²) in [6, 6.07) is 0. The molecule has 0 atom stereocenters. The molecule has 108 valence electrons. The lowest BCUT2D eigenvalue weighted by molar-refractivity contribution is -0.0571. The average Bonchev–Trinajstić information content (AvgIpc) is 2.84. The number of H-pyrrole nitrogens is 1. The largest absolute Gasteiger partial charge is 0.477 e. The monoisotopic (exact) mass is 274 g/mol. The average molecular weight is 274 g/mol. The summed E-state index contributed by atoms with van der Waals surface area (Å²) in [5.41, 5.74) is 0.760.